The molecule has 7 rings (SSSR count). The molecule has 0 saturated heterocycles. The van der Waals surface area contributed by atoms with Gasteiger partial charge in [0, 0.05) is 64.9 Å². The van der Waals surface area contributed by atoms with E-state index < -0.39 is 5.97 Å². The lowest BCUT2D eigenvalue weighted by Crippen LogP contribution is -2.27. The number of ether oxygens (including phenoxy) is 1. The van der Waals surface area contributed by atoms with Gasteiger partial charge in [-0.3, -0.25) is 4.79 Å². The summed E-state index contributed by atoms with van der Waals surface area (Å²) in [5.74, 6) is -0.523. The Morgan fingerprint density at radius 3 is 2.39 bits per heavy atom. The third kappa shape index (κ3) is 7.82. The molecular formula is C49H50ClN2O4+. The smallest absolute Gasteiger partial charge is 0.335 e. The van der Waals surface area contributed by atoms with Crippen LogP contribution in [0.25, 0.3) is 0 Å². The maximum absolute atomic E-state index is 12.4. The zero-order chi connectivity index (χ0) is 39.5. The molecule has 0 radical (unpaired) electrons. The number of benzene rings is 4. The van der Waals surface area contributed by atoms with Crippen LogP contribution in [0.15, 0.2) is 143 Å². The Labute approximate surface area is 335 Å². The highest BCUT2D eigenvalue weighted by Gasteiger charge is 2.45. The van der Waals surface area contributed by atoms with Crippen molar-refractivity contribution >= 4 is 46.3 Å². The fraction of sp³-hybridized carbons (Fsp3) is 0.306. The molecule has 1 aliphatic carbocycles. The van der Waals surface area contributed by atoms with Crippen molar-refractivity contribution in [2.24, 2.45) is 5.92 Å². The van der Waals surface area contributed by atoms with Crippen LogP contribution in [0.3, 0.4) is 0 Å². The molecule has 7 heteroatoms. The third-order valence-corrected chi connectivity index (χ3v) is 12.0. The van der Waals surface area contributed by atoms with E-state index in [1.54, 1.807) is 30.3 Å². The van der Waals surface area contributed by atoms with Gasteiger partial charge in [-0.2, -0.15) is 4.58 Å². The molecule has 1 atom stereocenters. The molecule has 0 bridgehead atoms. The van der Waals surface area contributed by atoms with E-state index in [9.17, 15) is 14.7 Å². The predicted octanol–water partition coefficient (Wildman–Crippen LogP) is 11.8. The van der Waals surface area contributed by atoms with Crippen LogP contribution in [0, 0.1) is 5.92 Å². The summed E-state index contributed by atoms with van der Waals surface area (Å²) in [6, 6.07) is 33.3. The summed E-state index contributed by atoms with van der Waals surface area (Å²) < 4.78 is 7.66. The van der Waals surface area contributed by atoms with Crippen LogP contribution in [-0.2, 0) is 15.6 Å². The van der Waals surface area contributed by atoms with Crippen LogP contribution in [0.2, 0.25) is 0 Å². The van der Waals surface area contributed by atoms with Crippen molar-refractivity contribution in [3.05, 3.63) is 160 Å². The van der Waals surface area contributed by atoms with E-state index in [2.05, 4.69) is 104 Å². The number of fused-ring (bicyclic) bond motifs is 2. The van der Waals surface area contributed by atoms with E-state index in [0.717, 1.165) is 78.5 Å². The summed E-state index contributed by atoms with van der Waals surface area (Å²) >= 11 is 7.29. The van der Waals surface area contributed by atoms with Crippen molar-refractivity contribution in [1.82, 2.24) is 4.58 Å². The normalized spacial score (nSPS) is 18.2. The van der Waals surface area contributed by atoms with E-state index in [-0.39, 0.29) is 28.3 Å². The molecule has 1 unspecified atom stereocenters. The number of carboxylic acid groups (broad SMARTS) is 1. The Balaban J connectivity index is 1.13. The maximum Gasteiger partial charge on any atom is 0.335 e. The van der Waals surface area contributed by atoms with Crippen molar-refractivity contribution < 1.29 is 19.4 Å². The van der Waals surface area contributed by atoms with E-state index >= 15 is 0 Å². The molecule has 0 aromatic heterocycles. The number of carboxylic acids is 1. The van der Waals surface area contributed by atoms with Gasteiger partial charge >= 0.3 is 11.9 Å². The Kier molecular flexibility index (Phi) is 11.3. The van der Waals surface area contributed by atoms with Crippen molar-refractivity contribution in [3.63, 3.8) is 0 Å². The molecule has 4 aromatic rings. The van der Waals surface area contributed by atoms with Gasteiger partial charge in [0.2, 0.25) is 11.4 Å². The van der Waals surface area contributed by atoms with Gasteiger partial charge in [0.05, 0.1) is 16.7 Å². The number of carbonyl (C=O) groups excluding carboxylic acids is 1. The number of hydrogen-bond acceptors (Lipinski definition) is 4. The molecule has 0 fully saturated rings. The Bertz CT molecular complexity index is 2310. The summed E-state index contributed by atoms with van der Waals surface area (Å²) in [5.41, 5.74) is 12.3. The van der Waals surface area contributed by atoms with Gasteiger partial charge in [-0.15, -0.1) is 5.73 Å². The third-order valence-electron chi connectivity index (χ3n) is 11.5. The van der Waals surface area contributed by atoms with Crippen LogP contribution in [0.5, 0.6) is 5.75 Å². The summed E-state index contributed by atoms with van der Waals surface area (Å²) in [6.45, 7) is 9.80. The number of aromatic carboxylic acids is 1. The zero-order valence-electron chi connectivity index (χ0n) is 32.7. The average Bonchev–Trinajstić information content (AvgIpc) is 3.55. The topological polar surface area (TPSA) is 69.9 Å². The maximum atomic E-state index is 12.4. The molecule has 56 heavy (non-hydrogen) atoms. The number of carbonyl (C=O) groups is 2. The first kappa shape index (κ1) is 38.8. The minimum Gasteiger partial charge on any atom is -0.478 e. The lowest BCUT2D eigenvalue weighted by Gasteiger charge is -2.26. The highest BCUT2D eigenvalue weighted by Crippen LogP contribution is 2.48. The number of allylic oxidation sites excluding steroid dienone is 5. The van der Waals surface area contributed by atoms with Gasteiger partial charge in [0.25, 0.3) is 0 Å². The lowest BCUT2D eigenvalue weighted by atomic mass is 9.81. The molecule has 0 amide bonds. The summed E-state index contributed by atoms with van der Waals surface area (Å²) in [4.78, 5) is 26.7. The second kappa shape index (κ2) is 16.4. The van der Waals surface area contributed by atoms with E-state index in [0.29, 0.717) is 12.2 Å². The first-order chi connectivity index (χ1) is 27.0. The fourth-order valence-electron chi connectivity index (χ4n) is 8.46. The first-order valence-electron chi connectivity index (χ1n) is 19.7. The van der Waals surface area contributed by atoms with Crippen LogP contribution < -0.4 is 14.2 Å². The highest BCUT2D eigenvalue weighted by atomic mass is 35.5. The van der Waals surface area contributed by atoms with E-state index in [1.807, 2.05) is 30.3 Å². The predicted molar refractivity (Wildman–Crippen MR) is 228 cm³/mol. The number of hydrogen-bond donors (Lipinski definition) is 1. The number of halogens is 1. The van der Waals surface area contributed by atoms with E-state index in [4.69, 9.17) is 16.3 Å². The number of nitrogens with zero attached hydrogens (tertiary/aromatic N) is 2. The summed E-state index contributed by atoms with van der Waals surface area (Å²) in [7, 11) is 0. The molecule has 2 heterocycles. The summed E-state index contributed by atoms with van der Waals surface area (Å²) in [6.07, 6.45) is 12.4. The van der Waals surface area contributed by atoms with Crippen molar-refractivity contribution in [2.45, 2.75) is 83.5 Å². The number of para-hydroxylation sites is 3. The number of esters is 1. The molecular weight excluding hydrogens is 716 g/mol. The molecule has 0 spiro atoms. The van der Waals surface area contributed by atoms with Crippen LogP contribution in [-0.4, -0.2) is 29.3 Å². The van der Waals surface area contributed by atoms with Crippen LogP contribution in [0.1, 0.15) is 94.1 Å². The van der Waals surface area contributed by atoms with Crippen LogP contribution in [0.4, 0.5) is 17.1 Å². The molecule has 3 aliphatic rings. The quantitative estimate of drug-likeness (QED) is 0.0511. The SMILES string of the molecule is CC1(C)C(=C=CC2CCCC(/C=C/C3=[N+](c4cccc(C(=O)O)c4)c4ccccc4C3(C)C)=C2Cl)N(CCCCCC(=O)Oc2ccccc2)c2ccccc21. The molecule has 0 saturated carbocycles. The minimum absolute atomic E-state index is 0.0386. The lowest BCUT2D eigenvalue weighted by molar-refractivity contribution is -0.134. The number of anilines is 1. The van der Waals surface area contributed by atoms with Gasteiger partial charge in [0.15, 0.2) is 5.71 Å². The highest BCUT2D eigenvalue weighted by molar-refractivity contribution is 6.30. The van der Waals surface area contributed by atoms with Crippen molar-refractivity contribution in [1.29, 1.82) is 0 Å². The van der Waals surface area contributed by atoms with Crippen LogP contribution >= 0.6 is 11.6 Å². The molecule has 1 N–H and O–H groups in total. The van der Waals surface area contributed by atoms with Gasteiger partial charge in [-0.25, -0.2) is 4.79 Å². The standard InChI is InChI=1S/C49H49ClN2O4/c1-48(2)39-23-10-12-25-41(39)51(32-14-6-9-27-45(53)56-38-21-7-5-8-22-38)43(48)30-28-34-17-15-18-35(46(34)50)29-31-44-49(3,4)40-24-11-13-26-42(40)52(44)37-20-16-19-36(33-37)47(54)55/h5,7-8,10-13,16,19-26,28-29,31,33-34H,6,9,14-15,17-18,27,32H2,1-4H3/p+1/b31-29+. The number of rotatable bonds is 12. The van der Waals surface area contributed by atoms with Gasteiger partial charge in [0.1, 0.15) is 5.75 Å². The second-order valence-electron chi connectivity index (χ2n) is 16.0. The molecule has 2 aliphatic heterocycles. The molecule has 6 nitrogen and oxygen atoms in total. The molecule has 286 valence electrons. The van der Waals surface area contributed by atoms with Gasteiger partial charge in [-0.05, 0) is 101 Å². The van der Waals surface area contributed by atoms with E-state index in [1.165, 1.54) is 16.8 Å². The van der Waals surface area contributed by atoms with Gasteiger partial charge in [-0.1, -0.05) is 84.8 Å². The average molecular weight is 766 g/mol. The minimum atomic E-state index is -0.949. The first-order valence-corrected chi connectivity index (χ1v) is 20.1. The van der Waals surface area contributed by atoms with Crippen molar-refractivity contribution in [2.75, 3.05) is 11.4 Å². The van der Waals surface area contributed by atoms with Crippen molar-refractivity contribution in [3.8, 4) is 5.75 Å². The monoisotopic (exact) mass is 765 g/mol. The number of unbranched alkanes of at least 4 members (excludes halogenated alkanes) is 2. The zero-order valence-corrected chi connectivity index (χ0v) is 33.5. The Hall–Kier alpha value is -5.42. The Morgan fingerprint density at radius 1 is 0.875 bits per heavy atom. The Morgan fingerprint density at radius 2 is 1.61 bits per heavy atom. The fourth-order valence-corrected chi connectivity index (χ4v) is 8.79. The largest absolute Gasteiger partial charge is 0.478 e. The second-order valence-corrected chi connectivity index (χ2v) is 16.4. The summed E-state index contributed by atoms with van der Waals surface area (Å²) in [5, 5.41) is 10.6. The molecule has 4 aromatic carbocycles. The van der Waals surface area contributed by atoms with Gasteiger partial charge < -0.3 is 14.7 Å².